The molecule has 2 fully saturated rings. The second-order valence-corrected chi connectivity index (χ2v) is 7.47. The molecule has 2 aliphatic rings. The molecule has 2 heterocycles. The summed E-state index contributed by atoms with van der Waals surface area (Å²) < 4.78 is 0. The molecule has 7 heteroatoms. The van der Waals surface area contributed by atoms with E-state index in [9.17, 15) is 9.59 Å². The highest BCUT2D eigenvalue weighted by molar-refractivity contribution is 6.30. The van der Waals surface area contributed by atoms with Crippen LogP contribution in [0.5, 0.6) is 0 Å². The van der Waals surface area contributed by atoms with Crippen molar-refractivity contribution in [3.63, 3.8) is 0 Å². The van der Waals surface area contributed by atoms with E-state index >= 15 is 0 Å². The van der Waals surface area contributed by atoms with Crippen LogP contribution in [0.2, 0.25) is 5.02 Å². The van der Waals surface area contributed by atoms with Crippen LogP contribution in [0, 0.1) is 0 Å². The van der Waals surface area contributed by atoms with Gasteiger partial charge in [0.2, 0.25) is 5.91 Å². The van der Waals surface area contributed by atoms with Crippen LogP contribution in [0.4, 0.5) is 10.5 Å². The van der Waals surface area contributed by atoms with E-state index in [2.05, 4.69) is 15.5 Å². The first-order valence-corrected chi connectivity index (χ1v) is 9.82. The fraction of sp³-hybridized carbons (Fsp3) is 0.579. The highest BCUT2D eigenvalue weighted by atomic mass is 35.5. The lowest BCUT2D eigenvalue weighted by Crippen LogP contribution is -2.44. The highest BCUT2D eigenvalue weighted by Crippen LogP contribution is 2.23. The molecule has 142 valence electrons. The van der Waals surface area contributed by atoms with Gasteiger partial charge < -0.3 is 20.4 Å². The molecule has 2 saturated heterocycles. The van der Waals surface area contributed by atoms with Crippen molar-refractivity contribution in [2.75, 3.05) is 37.6 Å². The molecule has 0 aromatic heterocycles. The van der Waals surface area contributed by atoms with Gasteiger partial charge in [0.05, 0.1) is 6.04 Å². The van der Waals surface area contributed by atoms with Crippen molar-refractivity contribution in [2.24, 2.45) is 0 Å². The van der Waals surface area contributed by atoms with Crippen molar-refractivity contribution in [1.29, 1.82) is 0 Å². The van der Waals surface area contributed by atoms with Gasteiger partial charge in [0.1, 0.15) is 0 Å². The Bertz CT molecular complexity index is 616. The quantitative estimate of drug-likeness (QED) is 0.748. The van der Waals surface area contributed by atoms with Crippen LogP contribution in [-0.4, -0.2) is 55.6 Å². The first-order chi connectivity index (χ1) is 12.6. The zero-order valence-corrected chi connectivity index (χ0v) is 15.8. The number of rotatable bonds is 6. The molecule has 2 aliphatic heterocycles. The van der Waals surface area contributed by atoms with E-state index in [1.165, 1.54) is 32.4 Å². The number of hydrogen-bond donors (Lipinski definition) is 2. The third-order valence-electron chi connectivity index (χ3n) is 4.98. The normalized spacial score (nSPS) is 21.0. The molecule has 1 atom stereocenters. The number of carbonyl (C=O) groups excluding carboxylic acids is 2. The zero-order chi connectivity index (χ0) is 18.4. The van der Waals surface area contributed by atoms with Crippen LogP contribution < -0.4 is 15.5 Å². The minimum absolute atomic E-state index is 0.0164. The lowest BCUT2D eigenvalue weighted by Gasteiger charge is -2.26. The maximum absolute atomic E-state index is 12.2. The number of benzene rings is 1. The van der Waals surface area contributed by atoms with Crippen molar-refractivity contribution >= 4 is 29.2 Å². The van der Waals surface area contributed by atoms with Crippen LogP contribution >= 0.6 is 11.6 Å². The molecule has 0 bridgehead atoms. The van der Waals surface area contributed by atoms with Gasteiger partial charge in [0, 0.05) is 30.2 Å². The summed E-state index contributed by atoms with van der Waals surface area (Å²) in [6.45, 7) is 4.53. The lowest BCUT2D eigenvalue weighted by atomic mass is 10.1. The van der Waals surface area contributed by atoms with Crippen molar-refractivity contribution < 1.29 is 9.59 Å². The van der Waals surface area contributed by atoms with Gasteiger partial charge in [-0.15, -0.1) is 0 Å². The van der Waals surface area contributed by atoms with E-state index in [0.29, 0.717) is 24.5 Å². The molecule has 3 amide bonds. The molecule has 1 aromatic rings. The Labute approximate surface area is 159 Å². The van der Waals surface area contributed by atoms with Crippen molar-refractivity contribution in [3.05, 3.63) is 29.3 Å². The van der Waals surface area contributed by atoms with Crippen molar-refractivity contribution in [2.45, 2.75) is 38.1 Å². The number of halogens is 1. The molecule has 6 nitrogen and oxygen atoms in total. The molecule has 26 heavy (non-hydrogen) atoms. The minimum Gasteiger partial charge on any atom is -0.338 e. The number of piperidine rings is 1. The molecule has 0 unspecified atom stereocenters. The Balaban J connectivity index is 1.36. The number of urea groups is 1. The average Bonchev–Trinajstić information content (AvgIpc) is 3.00. The van der Waals surface area contributed by atoms with Crippen LogP contribution in [0.1, 0.15) is 32.1 Å². The van der Waals surface area contributed by atoms with Gasteiger partial charge in [0.25, 0.3) is 0 Å². The van der Waals surface area contributed by atoms with E-state index in [4.69, 9.17) is 11.6 Å². The molecule has 0 spiro atoms. The van der Waals surface area contributed by atoms with Gasteiger partial charge in [-0.3, -0.25) is 4.79 Å². The summed E-state index contributed by atoms with van der Waals surface area (Å²) in [7, 11) is 0. The number of carbonyl (C=O) groups is 2. The van der Waals surface area contributed by atoms with E-state index < -0.39 is 0 Å². The standard InChI is InChI=1S/C19H27ClN4O2/c20-15-5-7-17(8-6-15)24-14-16(13-18(24)25)22-19(26)21-9-4-12-23-10-2-1-3-11-23/h5-8,16H,1-4,9-14H2,(H2,21,22,26)/t16-/m1/s1. The Morgan fingerprint density at radius 3 is 2.62 bits per heavy atom. The molecule has 0 saturated carbocycles. The molecule has 2 N–H and O–H groups in total. The second kappa shape index (κ2) is 9.24. The molecule has 3 rings (SSSR count). The topological polar surface area (TPSA) is 64.7 Å². The van der Waals surface area contributed by atoms with Crippen LogP contribution in [-0.2, 0) is 4.79 Å². The number of nitrogens with zero attached hydrogens (tertiary/aromatic N) is 2. The maximum Gasteiger partial charge on any atom is 0.315 e. The first-order valence-electron chi connectivity index (χ1n) is 9.44. The molecular formula is C19H27ClN4O2. The van der Waals surface area contributed by atoms with Gasteiger partial charge in [0.15, 0.2) is 0 Å². The Kier molecular flexibility index (Phi) is 6.74. The van der Waals surface area contributed by atoms with Crippen LogP contribution in [0.15, 0.2) is 24.3 Å². The molecule has 0 radical (unpaired) electrons. The van der Waals surface area contributed by atoms with E-state index in [1.807, 2.05) is 12.1 Å². The van der Waals surface area contributed by atoms with E-state index in [0.717, 1.165) is 18.7 Å². The number of likely N-dealkylation sites (tertiary alicyclic amines) is 1. The predicted octanol–water partition coefficient (Wildman–Crippen LogP) is 2.62. The summed E-state index contributed by atoms with van der Waals surface area (Å²) in [5.41, 5.74) is 0.811. The fourth-order valence-electron chi connectivity index (χ4n) is 3.60. The lowest BCUT2D eigenvalue weighted by molar-refractivity contribution is -0.117. The van der Waals surface area contributed by atoms with E-state index in [-0.39, 0.29) is 18.0 Å². The van der Waals surface area contributed by atoms with Crippen molar-refractivity contribution in [1.82, 2.24) is 15.5 Å². The monoisotopic (exact) mass is 378 g/mol. The number of hydrogen-bond acceptors (Lipinski definition) is 3. The summed E-state index contributed by atoms with van der Waals surface area (Å²) in [5, 5.41) is 6.45. The summed E-state index contributed by atoms with van der Waals surface area (Å²) in [4.78, 5) is 28.4. The van der Waals surface area contributed by atoms with Crippen LogP contribution in [0.25, 0.3) is 0 Å². The third-order valence-corrected chi connectivity index (χ3v) is 5.24. The minimum atomic E-state index is -0.195. The maximum atomic E-state index is 12.2. The number of anilines is 1. The Morgan fingerprint density at radius 2 is 1.88 bits per heavy atom. The Morgan fingerprint density at radius 1 is 1.15 bits per heavy atom. The van der Waals surface area contributed by atoms with Crippen molar-refractivity contribution in [3.8, 4) is 0 Å². The summed E-state index contributed by atoms with van der Waals surface area (Å²) in [6.07, 6.45) is 5.18. The van der Waals surface area contributed by atoms with Crippen LogP contribution in [0.3, 0.4) is 0 Å². The molecule has 0 aliphatic carbocycles. The summed E-state index contributed by atoms with van der Waals surface area (Å²) in [6, 6.07) is 6.81. The van der Waals surface area contributed by atoms with E-state index in [1.54, 1.807) is 17.0 Å². The van der Waals surface area contributed by atoms with Gasteiger partial charge >= 0.3 is 6.03 Å². The fourth-order valence-corrected chi connectivity index (χ4v) is 3.72. The number of amides is 3. The molecular weight excluding hydrogens is 352 g/mol. The second-order valence-electron chi connectivity index (χ2n) is 7.04. The zero-order valence-electron chi connectivity index (χ0n) is 15.0. The SMILES string of the molecule is O=C(NCCCN1CCCCC1)N[C@@H]1CC(=O)N(c2ccc(Cl)cc2)C1. The molecule has 1 aromatic carbocycles. The smallest absolute Gasteiger partial charge is 0.315 e. The Hall–Kier alpha value is -1.79. The van der Waals surface area contributed by atoms with Gasteiger partial charge in [-0.2, -0.15) is 0 Å². The largest absolute Gasteiger partial charge is 0.338 e. The first kappa shape index (κ1) is 19.0. The average molecular weight is 379 g/mol. The van der Waals surface area contributed by atoms with Gasteiger partial charge in [-0.05, 0) is 63.2 Å². The predicted molar refractivity (Wildman–Crippen MR) is 104 cm³/mol. The van der Waals surface area contributed by atoms with Gasteiger partial charge in [-0.1, -0.05) is 18.0 Å². The highest BCUT2D eigenvalue weighted by Gasteiger charge is 2.31. The number of nitrogens with one attached hydrogen (secondary N) is 2. The third kappa shape index (κ3) is 5.35. The summed E-state index contributed by atoms with van der Waals surface area (Å²) in [5.74, 6) is 0.0164. The van der Waals surface area contributed by atoms with Gasteiger partial charge in [-0.25, -0.2) is 4.79 Å². The summed E-state index contributed by atoms with van der Waals surface area (Å²) >= 11 is 5.89.